The normalized spacial score (nSPS) is 24.7. The average molecular weight is 1100 g/mol. The Morgan fingerprint density at radius 2 is 0.805 bits per heavy atom. The van der Waals surface area contributed by atoms with Crippen molar-refractivity contribution in [3.8, 4) is 0 Å². The van der Waals surface area contributed by atoms with Crippen molar-refractivity contribution in [2.24, 2.45) is 0 Å². The van der Waals surface area contributed by atoms with Crippen LogP contribution in [0.25, 0.3) is 0 Å². The molecular formula is C63H121NO13. The topological polar surface area (TPSA) is 228 Å². The van der Waals surface area contributed by atoms with Crippen LogP contribution in [0.5, 0.6) is 0 Å². The van der Waals surface area contributed by atoms with Gasteiger partial charge in [-0.15, -0.1) is 0 Å². The van der Waals surface area contributed by atoms with E-state index in [4.69, 9.17) is 18.9 Å². The summed E-state index contributed by atoms with van der Waals surface area (Å²) in [7, 11) is 0. The number of aliphatic hydroxyl groups excluding tert-OH is 8. The number of allylic oxidation sites excluding steroid dienone is 1. The molecule has 14 nitrogen and oxygen atoms in total. The maximum atomic E-state index is 13.3. The summed E-state index contributed by atoms with van der Waals surface area (Å²) in [6.07, 6.45) is 41.2. The average Bonchev–Trinajstić information content (AvgIpc) is 3.44. The van der Waals surface area contributed by atoms with E-state index in [-0.39, 0.29) is 18.9 Å². The van der Waals surface area contributed by atoms with Crippen molar-refractivity contribution in [2.45, 2.75) is 364 Å². The molecule has 0 saturated carbocycles. The van der Waals surface area contributed by atoms with Gasteiger partial charge in [0, 0.05) is 6.42 Å². The Bertz CT molecular complexity index is 1340. The lowest BCUT2D eigenvalue weighted by molar-refractivity contribution is -0.359. The molecule has 0 bridgehead atoms. The van der Waals surface area contributed by atoms with E-state index >= 15 is 0 Å². The molecule has 2 rings (SSSR count). The highest BCUT2D eigenvalue weighted by molar-refractivity contribution is 5.76. The largest absolute Gasteiger partial charge is 0.394 e. The smallest absolute Gasteiger partial charge is 0.220 e. The van der Waals surface area contributed by atoms with Crippen molar-refractivity contribution in [1.82, 2.24) is 5.32 Å². The lowest BCUT2D eigenvalue weighted by atomic mass is 9.97. The minimum Gasteiger partial charge on any atom is -0.394 e. The summed E-state index contributed by atoms with van der Waals surface area (Å²) >= 11 is 0. The van der Waals surface area contributed by atoms with Crippen LogP contribution in [0.1, 0.15) is 290 Å². The molecule has 12 unspecified atom stereocenters. The summed E-state index contributed by atoms with van der Waals surface area (Å²) in [5, 5.41) is 87.2. The summed E-state index contributed by atoms with van der Waals surface area (Å²) in [5.74, 6) is -0.232. The molecule has 14 heteroatoms. The second-order valence-electron chi connectivity index (χ2n) is 23.3. The summed E-state index contributed by atoms with van der Waals surface area (Å²) in [6.45, 7) is 2.84. The third-order valence-electron chi connectivity index (χ3n) is 16.2. The molecule has 456 valence electrons. The van der Waals surface area contributed by atoms with E-state index in [2.05, 4.69) is 19.2 Å². The van der Waals surface area contributed by atoms with Gasteiger partial charge in [0.25, 0.3) is 0 Å². The monoisotopic (exact) mass is 1100 g/mol. The zero-order valence-electron chi connectivity index (χ0n) is 49.2. The Labute approximate surface area is 469 Å². The van der Waals surface area contributed by atoms with Crippen LogP contribution >= 0.6 is 0 Å². The molecule has 2 aliphatic rings. The number of carbonyl (C=O) groups excluding carboxylic acids is 1. The number of hydrogen-bond donors (Lipinski definition) is 9. The molecule has 0 aromatic heterocycles. The Morgan fingerprint density at radius 3 is 1.19 bits per heavy atom. The Morgan fingerprint density at radius 1 is 0.455 bits per heavy atom. The van der Waals surface area contributed by atoms with Gasteiger partial charge in [-0.2, -0.15) is 0 Å². The number of rotatable bonds is 53. The van der Waals surface area contributed by atoms with Gasteiger partial charge in [-0.3, -0.25) is 4.79 Å². The first-order valence-corrected chi connectivity index (χ1v) is 32.4. The van der Waals surface area contributed by atoms with E-state index in [0.717, 1.165) is 38.5 Å². The fourth-order valence-corrected chi connectivity index (χ4v) is 11.0. The maximum absolute atomic E-state index is 13.3. The van der Waals surface area contributed by atoms with Gasteiger partial charge in [0.15, 0.2) is 12.6 Å². The molecule has 0 radical (unpaired) electrons. The third kappa shape index (κ3) is 34.7. The lowest BCUT2D eigenvalue weighted by Crippen LogP contribution is -2.65. The zero-order chi connectivity index (χ0) is 56.0. The first-order chi connectivity index (χ1) is 37.6. The molecule has 2 fully saturated rings. The fraction of sp³-hybridized carbons (Fsp3) is 0.952. The van der Waals surface area contributed by atoms with Gasteiger partial charge in [0.05, 0.1) is 32.0 Å². The van der Waals surface area contributed by atoms with Gasteiger partial charge in [0.1, 0.15) is 48.8 Å². The highest BCUT2D eigenvalue weighted by atomic mass is 16.7. The maximum Gasteiger partial charge on any atom is 0.220 e. The Balaban J connectivity index is 1.69. The first kappa shape index (κ1) is 71.8. The predicted molar refractivity (Wildman–Crippen MR) is 309 cm³/mol. The number of carbonyl (C=O) groups is 1. The van der Waals surface area contributed by atoms with Crippen molar-refractivity contribution >= 4 is 5.91 Å². The summed E-state index contributed by atoms with van der Waals surface area (Å²) in [6, 6.07) is -0.910. The molecule has 0 aromatic rings. The van der Waals surface area contributed by atoms with Gasteiger partial charge in [0.2, 0.25) is 5.91 Å². The molecule has 2 saturated heterocycles. The highest BCUT2D eigenvalue weighted by Crippen LogP contribution is 2.30. The summed E-state index contributed by atoms with van der Waals surface area (Å²) in [4.78, 5) is 13.3. The number of unbranched alkanes of at least 4 members (excludes halogenated alkanes) is 40. The minimum atomic E-state index is -1.79. The number of aliphatic hydroxyl groups is 8. The van der Waals surface area contributed by atoms with Crippen molar-refractivity contribution in [3.05, 3.63) is 12.2 Å². The van der Waals surface area contributed by atoms with E-state index in [1.54, 1.807) is 6.08 Å². The van der Waals surface area contributed by atoms with Crippen LogP contribution in [0.3, 0.4) is 0 Å². The van der Waals surface area contributed by atoms with E-state index in [1.807, 2.05) is 6.08 Å². The van der Waals surface area contributed by atoms with Crippen molar-refractivity contribution in [2.75, 3.05) is 19.8 Å². The Kier molecular flexibility index (Phi) is 46.0. The zero-order valence-corrected chi connectivity index (χ0v) is 49.2. The van der Waals surface area contributed by atoms with Crippen molar-refractivity contribution < 1.29 is 64.6 Å². The fourth-order valence-electron chi connectivity index (χ4n) is 11.0. The van der Waals surface area contributed by atoms with Gasteiger partial charge in [-0.1, -0.05) is 276 Å². The van der Waals surface area contributed by atoms with Crippen LogP contribution < -0.4 is 5.32 Å². The molecule has 9 N–H and O–H groups in total. The molecule has 12 atom stereocenters. The highest BCUT2D eigenvalue weighted by Gasteiger charge is 2.51. The summed E-state index contributed by atoms with van der Waals surface area (Å²) < 4.78 is 22.8. The summed E-state index contributed by atoms with van der Waals surface area (Å²) in [5.41, 5.74) is 0. The standard InChI is InChI=1S/C63H121NO13/c1-3-5-7-9-11-13-15-17-19-21-22-23-24-25-26-27-28-29-30-31-33-35-37-39-41-43-45-47-55(68)64-51(52(67)46-44-42-40-38-36-34-32-20-18-16-14-12-10-8-6-4-2)50-74-62-60(73)58(71)61(54(49-66)76-62)77-63-59(72)57(70)56(69)53(48-65)75-63/h44,46,51-54,56-63,65-67,69-73H,3-43,45,47-50H2,1-2H3,(H,64,68)/b46-44+. The van der Waals surface area contributed by atoms with Gasteiger partial charge in [-0.05, 0) is 19.3 Å². The van der Waals surface area contributed by atoms with Crippen LogP contribution in [-0.4, -0.2) is 140 Å². The third-order valence-corrected chi connectivity index (χ3v) is 16.2. The van der Waals surface area contributed by atoms with E-state index in [1.165, 1.54) is 225 Å². The SMILES string of the molecule is CCCCCCCCCCCCCCCC/C=C/C(O)C(COC1OC(CO)C(OC2OC(CO)C(O)C(O)C2O)C(O)C1O)NC(=O)CCCCCCCCCCCCCCCCCCCCCCCCCCCCC. The second kappa shape index (κ2) is 49.3. The minimum absolute atomic E-state index is 0.232. The quantitative estimate of drug-likeness (QED) is 0.0204. The second-order valence-corrected chi connectivity index (χ2v) is 23.3. The lowest BCUT2D eigenvalue weighted by Gasteiger charge is -2.46. The van der Waals surface area contributed by atoms with E-state index in [0.29, 0.717) is 6.42 Å². The van der Waals surface area contributed by atoms with E-state index in [9.17, 15) is 45.6 Å². The molecule has 1 amide bonds. The van der Waals surface area contributed by atoms with Crippen LogP contribution in [0, 0.1) is 0 Å². The first-order valence-electron chi connectivity index (χ1n) is 32.4. The molecule has 2 heterocycles. The van der Waals surface area contributed by atoms with E-state index < -0.39 is 86.8 Å². The van der Waals surface area contributed by atoms with Gasteiger partial charge < -0.3 is 65.1 Å². The molecule has 0 spiro atoms. The molecule has 0 aromatic carbocycles. The Hall–Kier alpha value is -1.27. The number of hydrogen-bond acceptors (Lipinski definition) is 13. The number of ether oxygens (including phenoxy) is 4. The van der Waals surface area contributed by atoms with Crippen LogP contribution in [0.4, 0.5) is 0 Å². The van der Waals surface area contributed by atoms with Crippen LogP contribution in [-0.2, 0) is 23.7 Å². The van der Waals surface area contributed by atoms with Crippen LogP contribution in [0.2, 0.25) is 0 Å². The van der Waals surface area contributed by atoms with Crippen molar-refractivity contribution in [3.63, 3.8) is 0 Å². The molecule has 2 aliphatic heterocycles. The molecular weight excluding hydrogens is 979 g/mol. The van der Waals surface area contributed by atoms with Crippen molar-refractivity contribution in [1.29, 1.82) is 0 Å². The number of amides is 1. The van der Waals surface area contributed by atoms with Gasteiger partial charge in [-0.25, -0.2) is 0 Å². The number of nitrogens with one attached hydrogen (secondary N) is 1. The van der Waals surface area contributed by atoms with Gasteiger partial charge >= 0.3 is 0 Å². The molecule has 0 aliphatic carbocycles. The predicted octanol–water partition coefficient (Wildman–Crippen LogP) is 11.8. The van der Waals surface area contributed by atoms with Crippen LogP contribution in [0.15, 0.2) is 12.2 Å². The molecule has 77 heavy (non-hydrogen) atoms.